The molecule has 0 radical (unpaired) electrons. The molecule has 1 aromatic rings. The fourth-order valence-electron chi connectivity index (χ4n) is 1.56. The topological polar surface area (TPSA) is 21.3 Å². The number of fused-ring (bicyclic) bond motifs is 1. The standard InChI is InChI=1S/C11H15NO.ClH/c1-2-9-3-4-10-8-12-5-6-13-11(10)7-9;/h3-4,7,12H,2,5-6,8H2,1H3;1H. The van der Waals surface area contributed by atoms with E-state index in [1.165, 1.54) is 11.1 Å². The Morgan fingerprint density at radius 1 is 1.43 bits per heavy atom. The van der Waals surface area contributed by atoms with Crippen molar-refractivity contribution in [2.45, 2.75) is 19.9 Å². The molecule has 1 heterocycles. The summed E-state index contributed by atoms with van der Waals surface area (Å²) in [6.45, 7) is 4.81. The molecule has 78 valence electrons. The summed E-state index contributed by atoms with van der Waals surface area (Å²) in [6.07, 6.45) is 1.07. The first-order valence-corrected chi connectivity index (χ1v) is 4.85. The Morgan fingerprint density at radius 3 is 3.07 bits per heavy atom. The summed E-state index contributed by atoms with van der Waals surface area (Å²) in [6, 6.07) is 6.49. The summed E-state index contributed by atoms with van der Waals surface area (Å²) in [5.41, 5.74) is 2.62. The summed E-state index contributed by atoms with van der Waals surface area (Å²) in [5.74, 6) is 1.06. The van der Waals surface area contributed by atoms with Gasteiger partial charge in [0.05, 0.1) is 0 Å². The minimum absolute atomic E-state index is 0. The number of halogens is 1. The first kappa shape index (κ1) is 11.3. The maximum absolute atomic E-state index is 5.63. The van der Waals surface area contributed by atoms with Crippen molar-refractivity contribution < 1.29 is 4.74 Å². The van der Waals surface area contributed by atoms with Gasteiger partial charge in [-0.1, -0.05) is 19.1 Å². The van der Waals surface area contributed by atoms with Crippen LogP contribution in [0.25, 0.3) is 0 Å². The van der Waals surface area contributed by atoms with Crippen LogP contribution in [0, 0.1) is 0 Å². The highest BCUT2D eigenvalue weighted by Crippen LogP contribution is 2.21. The first-order chi connectivity index (χ1) is 6.40. The number of aryl methyl sites for hydroxylation is 1. The Morgan fingerprint density at radius 2 is 2.29 bits per heavy atom. The van der Waals surface area contributed by atoms with Gasteiger partial charge in [0.2, 0.25) is 0 Å². The Bertz CT molecular complexity index is 301. The number of nitrogens with one attached hydrogen (secondary N) is 1. The summed E-state index contributed by atoms with van der Waals surface area (Å²) in [5, 5.41) is 3.32. The zero-order chi connectivity index (χ0) is 9.10. The van der Waals surface area contributed by atoms with Crippen molar-refractivity contribution in [1.82, 2.24) is 5.32 Å². The van der Waals surface area contributed by atoms with Crippen LogP contribution in [0.1, 0.15) is 18.1 Å². The average Bonchev–Trinajstić information content (AvgIpc) is 2.41. The van der Waals surface area contributed by atoms with Gasteiger partial charge in [0.15, 0.2) is 0 Å². The van der Waals surface area contributed by atoms with Crippen LogP contribution >= 0.6 is 12.4 Å². The van der Waals surface area contributed by atoms with Gasteiger partial charge in [-0.05, 0) is 18.1 Å². The molecule has 0 amide bonds. The lowest BCUT2D eigenvalue weighted by atomic mass is 10.1. The summed E-state index contributed by atoms with van der Waals surface area (Å²) in [7, 11) is 0. The normalized spacial score (nSPS) is 14.6. The smallest absolute Gasteiger partial charge is 0.124 e. The Balaban J connectivity index is 0.000000980. The quantitative estimate of drug-likeness (QED) is 0.772. The summed E-state index contributed by atoms with van der Waals surface area (Å²) < 4.78 is 5.63. The highest BCUT2D eigenvalue weighted by molar-refractivity contribution is 5.85. The molecule has 2 rings (SSSR count). The van der Waals surface area contributed by atoms with Gasteiger partial charge in [-0.25, -0.2) is 0 Å². The van der Waals surface area contributed by atoms with Crippen LogP contribution in [0.3, 0.4) is 0 Å². The molecule has 1 aliphatic heterocycles. The van der Waals surface area contributed by atoms with E-state index < -0.39 is 0 Å². The van der Waals surface area contributed by atoms with Crippen LogP contribution in [0.15, 0.2) is 18.2 Å². The minimum atomic E-state index is 0. The maximum Gasteiger partial charge on any atom is 0.124 e. The number of rotatable bonds is 1. The van der Waals surface area contributed by atoms with Crippen LogP contribution in [0.4, 0.5) is 0 Å². The van der Waals surface area contributed by atoms with Gasteiger partial charge in [0.1, 0.15) is 12.4 Å². The summed E-state index contributed by atoms with van der Waals surface area (Å²) in [4.78, 5) is 0. The van der Waals surface area contributed by atoms with Crippen molar-refractivity contribution in [2.24, 2.45) is 0 Å². The molecule has 0 saturated carbocycles. The van der Waals surface area contributed by atoms with E-state index in [1.807, 2.05) is 0 Å². The molecule has 0 spiro atoms. The van der Waals surface area contributed by atoms with Crippen molar-refractivity contribution in [3.8, 4) is 5.75 Å². The predicted molar refractivity (Wildman–Crippen MR) is 60.3 cm³/mol. The lowest BCUT2D eigenvalue weighted by Gasteiger charge is -2.07. The molecule has 0 fully saturated rings. The fourth-order valence-corrected chi connectivity index (χ4v) is 1.56. The number of hydrogen-bond donors (Lipinski definition) is 1. The molecule has 3 heteroatoms. The van der Waals surface area contributed by atoms with Crippen LogP contribution < -0.4 is 10.1 Å². The first-order valence-electron chi connectivity index (χ1n) is 4.85. The molecule has 0 aromatic heterocycles. The third kappa shape index (κ3) is 2.40. The Hall–Kier alpha value is -0.730. The SMILES string of the molecule is CCc1ccc2c(c1)OCCNC2.Cl. The van der Waals surface area contributed by atoms with Gasteiger partial charge in [-0.15, -0.1) is 12.4 Å². The fraction of sp³-hybridized carbons (Fsp3) is 0.455. The molecule has 14 heavy (non-hydrogen) atoms. The maximum atomic E-state index is 5.63. The molecular formula is C11H16ClNO. The molecule has 1 aromatic carbocycles. The van der Waals surface area contributed by atoms with E-state index in [4.69, 9.17) is 4.74 Å². The van der Waals surface area contributed by atoms with E-state index in [0.717, 1.165) is 31.9 Å². The largest absolute Gasteiger partial charge is 0.492 e. The average molecular weight is 214 g/mol. The Kier molecular flexibility index (Phi) is 4.23. The van der Waals surface area contributed by atoms with Crippen LogP contribution in [0.2, 0.25) is 0 Å². The molecule has 1 aliphatic rings. The van der Waals surface area contributed by atoms with E-state index >= 15 is 0 Å². The third-order valence-corrected chi connectivity index (χ3v) is 2.39. The van der Waals surface area contributed by atoms with Gasteiger partial charge in [-0.2, -0.15) is 0 Å². The molecule has 2 nitrogen and oxygen atoms in total. The van der Waals surface area contributed by atoms with Crippen molar-refractivity contribution >= 4 is 12.4 Å². The van der Waals surface area contributed by atoms with Crippen molar-refractivity contribution in [1.29, 1.82) is 0 Å². The molecule has 0 unspecified atom stereocenters. The third-order valence-electron chi connectivity index (χ3n) is 2.39. The molecule has 0 saturated heterocycles. The van der Waals surface area contributed by atoms with Gasteiger partial charge in [0.25, 0.3) is 0 Å². The van der Waals surface area contributed by atoms with E-state index in [1.54, 1.807) is 0 Å². The minimum Gasteiger partial charge on any atom is -0.492 e. The monoisotopic (exact) mass is 213 g/mol. The van der Waals surface area contributed by atoms with Gasteiger partial charge < -0.3 is 10.1 Å². The lowest BCUT2D eigenvalue weighted by molar-refractivity contribution is 0.325. The van der Waals surface area contributed by atoms with Crippen molar-refractivity contribution in [2.75, 3.05) is 13.2 Å². The second kappa shape index (κ2) is 5.23. The molecule has 0 aliphatic carbocycles. The highest BCUT2D eigenvalue weighted by Gasteiger charge is 2.07. The Labute approximate surface area is 91.1 Å². The number of ether oxygens (including phenoxy) is 1. The van der Waals surface area contributed by atoms with Crippen LogP contribution in [-0.4, -0.2) is 13.2 Å². The van der Waals surface area contributed by atoms with Gasteiger partial charge in [0, 0.05) is 18.7 Å². The van der Waals surface area contributed by atoms with E-state index in [2.05, 4.69) is 30.4 Å². The van der Waals surface area contributed by atoms with Gasteiger partial charge >= 0.3 is 0 Å². The number of hydrogen-bond acceptors (Lipinski definition) is 2. The molecule has 0 bridgehead atoms. The van der Waals surface area contributed by atoms with E-state index in [-0.39, 0.29) is 12.4 Å². The lowest BCUT2D eigenvalue weighted by Crippen LogP contribution is -2.16. The number of benzene rings is 1. The van der Waals surface area contributed by atoms with E-state index in [0.29, 0.717) is 0 Å². The molecule has 0 atom stereocenters. The highest BCUT2D eigenvalue weighted by atomic mass is 35.5. The van der Waals surface area contributed by atoms with Crippen molar-refractivity contribution in [3.63, 3.8) is 0 Å². The van der Waals surface area contributed by atoms with Crippen LogP contribution in [-0.2, 0) is 13.0 Å². The van der Waals surface area contributed by atoms with Gasteiger partial charge in [-0.3, -0.25) is 0 Å². The zero-order valence-electron chi connectivity index (χ0n) is 8.38. The van der Waals surface area contributed by atoms with E-state index in [9.17, 15) is 0 Å². The van der Waals surface area contributed by atoms with Crippen molar-refractivity contribution in [3.05, 3.63) is 29.3 Å². The molecule has 1 N–H and O–H groups in total. The molecular weight excluding hydrogens is 198 g/mol. The summed E-state index contributed by atoms with van der Waals surface area (Å²) >= 11 is 0. The zero-order valence-corrected chi connectivity index (χ0v) is 9.19. The second-order valence-electron chi connectivity index (χ2n) is 3.32. The predicted octanol–water partition coefficient (Wildman–Crippen LogP) is 2.15. The second-order valence-corrected chi connectivity index (χ2v) is 3.32. The van der Waals surface area contributed by atoms with Crippen LogP contribution in [0.5, 0.6) is 5.75 Å².